The van der Waals surface area contributed by atoms with E-state index in [1.54, 1.807) is 0 Å². The maximum Gasteiger partial charge on any atom is 0.351 e. The molecule has 0 amide bonds. The minimum absolute atomic E-state index is 0.0664. The van der Waals surface area contributed by atoms with Gasteiger partial charge in [0.25, 0.3) is 0 Å². The summed E-state index contributed by atoms with van der Waals surface area (Å²) in [7, 11) is 0. The molecule has 1 aliphatic heterocycles. The van der Waals surface area contributed by atoms with Crippen LogP contribution < -0.4 is 11.4 Å². The number of aromatic nitrogens is 2. The molecule has 0 aromatic carbocycles. The Morgan fingerprint density at radius 1 is 1.45 bits per heavy atom. The molecule has 1 fully saturated rings. The number of rotatable bonds is 6. The van der Waals surface area contributed by atoms with Gasteiger partial charge >= 0.3 is 5.69 Å². The Morgan fingerprint density at radius 2 is 2.18 bits per heavy atom. The molecule has 1 aromatic rings. The van der Waals surface area contributed by atoms with Crippen molar-refractivity contribution >= 4 is 5.82 Å². The zero-order chi connectivity index (χ0) is 16.3. The van der Waals surface area contributed by atoms with Gasteiger partial charge in [0.05, 0.1) is 6.61 Å². The maximum atomic E-state index is 12.1. The van der Waals surface area contributed by atoms with Crippen LogP contribution in [0.25, 0.3) is 0 Å². The van der Waals surface area contributed by atoms with E-state index in [1.165, 1.54) is 12.3 Å². The van der Waals surface area contributed by atoms with Crippen molar-refractivity contribution in [3.8, 4) is 0 Å². The highest BCUT2D eigenvalue weighted by molar-refractivity contribution is 5.24. The highest BCUT2D eigenvalue weighted by atomic mass is 16.6. The molecule has 0 saturated carbocycles. The van der Waals surface area contributed by atoms with E-state index in [9.17, 15) is 20.1 Å². The Kier molecular flexibility index (Phi) is 5.17. The first-order valence-corrected chi connectivity index (χ1v) is 7.46. The molecule has 4 atom stereocenters. The fourth-order valence-corrected chi connectivity index (χ4v) is 2.88. The summed E-state index contributed by atoms with van der Waals surface area (Å²) in [5.74, 6) is 0.0664. The number of nitrogen functional groups attached to an aromatic ring is 1. The molecule has 1 saturated heterocycles. The van der Waals surface area contributed by atoms with E-state index in [-0.39, 0.29) is 5.82 Å². The van der Waals surface area contributed by atoms with Crippen molar-refractivity contribution in [1.29, 1.82) is 0 Å². The number of nitrogens with zero attached hydrogens (tertiary/aromatic N) is 2. The van der Waals surface area contributed by atoms with Gasteiger partial charge in [-0.05, 0) is 18.9 Å². The summed E-state index contributed by atoms with van der Waals surface area (Å²) in [6, 6.07) is 1.43. The van der Waals surface area contributed by atoms with Crippen LogP contribution in [0.3, 0.4) is 0 Å². The van der Waals surface area contributed by atoms with E-state index >= 15 is 0 Å². The van der Waals surface area contributed by atoms with Crippen molar-refractivity contribution in [3.63, 3.8) is 0 Å². The topological polar surface area (TPSA) is 131 Å². The van der Waals surface area contributed by atoms with Gasteiger partial charge in [-0.25, -0.2) is 4.79 Å². The number of hydrogen-bond acceptors (Lipinski definition) is 7. The summed E-state index contributed by atoms with van der Waals surface area (Å²) >= 11 is 0. The van der Waals surface area contributed by atoms with E-state index in [4.69, 9.17) is 10.5 Å². The van der Waals surface area contributed by atoms with E-state index in [1.807, 2.05) is 6.92 Å². The molecule has 0 unspecified atom stereocenters. The first-order chi connectivity index (χ1) is 10.5. The molecule has 5 N–H and O–H groups in total. The van der Waals surface area contributed by atoms with Crippen LogP contribution in [0.5, 0.6) is 0 Å². The lowest BCUT2D eigenvalue weighted by atomic mass is 9.96. The van der Waals surface area contributed by atoms with Crippen LogP contribution in [0.15, 0.2) is 17.1 Å². The van der Waals surface area contributed by atoms with Gasteiger partial charge in [0.2, 0.25) is 0 Å². The Morgan fingerprint density at radius 3 is 2.73 bits per heavy atom. The van der Waals surface area contributed by atoms with Crippen LogP contribution in [0.4, 0.5) is 5.82 Å². The monoisotopic (exact) mass is 313 g/mol. The molecule has 0 radical (unpaired) electrons. The second-order valence-electron chi connectivity index (χ2n) is 5.58. The number of unbranched alkanes of at least 4 members (excludes halogenated alkanes) is 2. The van der Waals surface area contributed by atoms with Gasteiger partial charge in [-0.2, -0.15) is 4.98 Å². The van der Waals surface area contributed by atoms with Crippen LogP contribution in [0.1, 0.15) is 32.6 Å². The average molecular weight is 313 g/mol. The second-order valence-corrected chi connectivity index (χ2v) is 5.58. The lowest BCUT2D eigenvalue weighted by Crippen LogP contribution is -2.50. The minimum Gasteiger partial charge on any atom is -0.394 e. The van der Waals surface area contributed by atoms with Gasteiger partial charge < -0.3 is 25.8 Å². The molecule has 8 nitrogen and oxygen atoms in total. The summed E-state index contributed by atoms with van der Waals surface area (Å²) in [5.41, 5.74) is 3.38. The summed E-state index contributed by atoms with van der Waals surface area (Å²) < 4.78 is 6.86. The highest BCUT2D eigenvalue weighted by Gasteiger charge is 2.55. The van der Waals surface area contributed by atoms with Crippen LogP contribution in [0.2, 0.25) is 0 Å². The Hall–Kier alpha value is -1.48. The number of hydrogen-bond donors (Lipinski definition) is 4. The predicted molar refractivity (Wildman–Crippen MR) is 79.0 cm³/mol. The molecular formula is C14H23N3O5. The number of aliphatic hydroxyl groups is 3. The van der Waals surface area contributed by atoms with Crippen molar-refractivity contribution in [3.05, 3.63) is 22.7 Å². The lowest BCUT2D eigenvalue weighted by molar-refractivity contribution is -0.156. The molecule has 1 aliphatic rings. The summed E-state index contributed by atoms with van der Waals surface area (Å²) in [6.07, 6.45) is 0.659. The van der Waals surface area contributed by atoms with Crippen molar-refractivity contribution in [2.45, 2.75) is 56.6 Å². The van der Waals surface area contributed by atoms with E-state index in [2.05, 4.69) is 4.98 Å². The summed E-state index contributed by atoms with van der Waals surface area (Å²) in [6.45, 7) is 1.58. The number of anilines is 1. The molecule has 2 heterocycles. The quantitative estimate of drug-likeness (QED) is 0.504. The first kappa shape index (κ1) is 16.9. The third kappa shape index (κ3) is 2.87. The van der Waals surface area contributed by atoms with Crippen molar-refractivity contribution in [1.82, 2.24) is 9.55 Å². The Labute approximate surface area is 128 Å². The van der Waals surface area contributed by atoms with Gasteiger partial charge in [0.1, 0.15) is 24.1 Å². The van der Waals surface area contributed by atoms with Gasteiger partial charge in [0, 0.05) is 6.20 Å². The highest BCUT2D eigenvalue weighted by Crippen LogP contribution is 2.38. The normalized spacial score (nSPS) is 31.5. The molecule has 0 aliphatic carbocycles. The molecule has 8 heteroatoms. The summed E-state index contributed by atoms with van der Waals surface area (Å²) in [5, 5.41) is 29.8. The third-order valence-electron chi connectivity index (χ3n) is 4.07. The van der Waals surface area contributed by atoms with Gasteiger partial charge in [0.15, 0.2) is 5.72 Å². The average Bonchev–Trinajstić information content (AvgIpc) is 2.73. The number of ether oxygens (including phenoxy) is 1. The zero-order valence-electron chi connectivity index (χ0n) is 12.6. The Balaban J connectivity index is 2.44. The number of nitrogens with two attached hydrogens (primary N) is 1. The first-order valence-electron chi connectivity index (χ1n) is 7.46. The molecule has 2 rings (SSSR count). The predicted octanol–water partition coefficient (Wildman–Crippen LogP) is -0.828. The fraction of sp³-hybridized carbons (Fsp3) is 0.714. The molecule has 1 aromatic heterocycles. The third-order valence-corrected chi connectivity index (χ3v) is 4.07. The second kappa shape index (κ2) is 6.74. The molecular weight excluding hydrogens is 290 g/mol. The zero-order valence-corrected chi connectivity index (χ0v) is 12.6. The van der Waals surface area contributed by atoms with Crippen LogP contribution >= 0.6 is 0 Å². The van der Waals surface area contributed by atoms with E-state index < -0.39 is 36.3 Å². The SMILES string of the molecule is CCCCC[C@@]1(n2ccc(N)nc2=O)O[C@H](CO)[C@@H](O)[C@H]1O. The van der Waals surface area contributed by atoms with E-state index in [0.29, 0.717) is 12.8 Å². The molecule has 22 heavy (non-hydrogen) atoms. The van der Waals surface area contributed by atoms with Gasteiger partial charge in [-0.1, -0.05) is 19.8 Å². The molecule has 0 spiro atoms. The minimum atomic E-state index is -1.44. The van der Waals surface area contributed by atoms with Gasteiger partial charge in [-0.3, -0.25) is 4.57 Å². The van der Waals surface area contributed by atoms with Crippen LogP contribution in [-0.2, 0) is 10.5 Å². The van der Waals surface area contributed by atoms with Crippen LogP contribution in [-0.4, -0.2) is 49.8 Å². The standard InChI is InChI=1S/C14H23N3O5/c1-2-3-4-6-14(12(20)11(19)9(8-18)22-14)17-7-5-10(15)16-13(17)21/h5,7,9,11-12,18-20H,2-4,6,8H2,1H3,(H2,15,16,21)/t9-,11-,12-,14-/m1/s1. The lowest BCUT2D eigenvalue weighted by Gasteiger charge is -2.34. The van der Waals surface area contributed by atoms with Crippen molar-refractivity contribution in [2.24, 2.45) is 0 Å². The number of aliphatic hydroxyl groups excluding tert-OH is 3. The van der Waals surface area contributed by atoms with Crippen molar-refractivity contribution < 1.29 is 20.1 Å². The van der Waals surface area contributed by atoms with Gasteiger partial charge in [-0.15, -0.1) is 0 Å². The Bertz CT molecular complexity index is 564. The van der Waals surface area contributed by atoms with Crippen LogP contribution in [0, 0.1) is 0 Å². The maximum absolute atomic E-state index is 12.1. The van der Waals surface area contributed by atoms with Crippen molar-refractivity contribution in [2.75, 3.05) is 12.3 Å². The fourth-order valence-electron chi connectivity index (χ4n) is 2.88. The smallest absolute Gasteiger partial charge is 0.351 e. The largest absolute Gasteiger partial charge is 0.394 e. The summed E-state index contributed by atoms with van der Waals surface area (Å²) in [4.78, 5) is 15.8. The van der Waals surface area contributed by atoms with E-state index in [0.717, 1.165) is 17.4 Å². The molecule has 0 bridgehead atoms. The molecule has 124 valence electrons.